The van der Waals surface area contributed by atoms with E-state index in [4.69, 9.17) is 0 Å². The number of nitrogens with zero attached hydrogens (tertiary/aromatic N) is 1. The number of amides is 1. The number of carbonyl (C=O) groups is 2. The maximum Gasteiger partial charge on any atom is 0.319 e. The van der Waals surface area contributed by atoms with E-state index in [0.29, 0.717) is 11.0 Å². The van der Waals surface area contributed by atoms with Gasteiger partial charge in [0.1, 0.15) is 5.82 Å². The molecule has 0 atom stereocenters. The van der Waals surface area contributed by atoms with Gasteiger partial charge >= 0.3 is 5.97 Å². The number of ether oxygens (including phenoxy) is 1. The summed E-state index contributed by atoms with van der Waals surface area (Å²) >= 11 is 3.14. The van der Waals surface area contributed by atoms with Gasteiger partial charge in [0.2, 0.25) is 5.91 Å². The molecule has 0 fully saturated rings. The first-order valence-corrected chi connectivity index (χ1v) is 6.79. The number of methoxy groups -OCH3 is 1. The van der Waals surface area contributed by atoms with E-state index in [1.165, 1.54) is 19.2 Å². The van der Waals surface area contributed by atoms with Crippen molar-refractivity contribution in [1.82, 2.24) is 4.90 Å². The lowest BCUT2D eigenvalue weighted by atomic mass is 10.3. The summed E-state index contributed by atoms with van der Waals surface area (Å²) in [5, 5.41) is 2.46. The van der Waals surface area contributed by atoms with Crippen molar-refractivity contribution in [2.45, 2.75) is 6.92 Å². The molecule has 1 amide bonds. The normalized spacial score (nSPS) is 10.4. The number of esters is 1. The average Bonchev–Trinajstić information content (AvgIpc) is 2.41. The number of hydrogen-bond acceptors (Lipinski definition) is 4. The van der Waals surface area contributed by atoms with Gasteiger partial charge in [0.15, 0.2) is 0 Å². The number of halogens is 2. The van der Waals surface area contributed by atoms with E-state index in [1.807, 2.05) is 6.92 Å². The molecule has 1 aromatic carbocycles. The summed E-state index contributed by atoms with van der Waals surface area (Å²) in [5.74, 6) is -1.34. The lowest BCUT2D eigenvalue weighted by Gasteiger charge is -2.18. The Morgan fingerprint density at radius 3 is 2.65 bits per heavy atom. The molecule has 0 aromatic heterocycles. The summed E-state index contributed by atoms with van der Waals surface area (Å²) in [5.41, 5.74) is 0.104. The fourth-order valence-electron chi connectivity index (χ4n) is 1.51. The second kappa shape index (κ2) is 7.96. The van der Waals surface area contributed by atoms with Gasteiger partial charge in [0, 0.05) is 4.47 Å². The molecule has 0 aliphatic rings. The monoisotopic (exact) mass is 346 g/mol. The molecule has 0 radical (unpaired) electrons. The second-order valence-electron chi connectivity index (χ2n) is 4.05. The molecule has 0 spiro atoms. The fraction of sp³-hybridized carbons (Fsp3) is 0.385. The van der Waals surface area contributed by atoms with E-state index in [0.717, 1.165) is 0 Å². The molecule has 20 heavy (non-hydrogen) atoms. The fourth-order valence-corrected chi connectivity index (χ4v) is 1.84. The van der Waals surface area contributed by atoms with Gasteiger partial charge < -0.3 is 10.1 Å². The molecule has 0 heterocycles. The zero-order valence-corrected chi connectivity index (χ0v) is 12.9. The van der Waals surface area contributed by atoms with Crippen LogP contribution in [0.5, 0.6) is 0 Å². The molecule has 0 saturated heterocycles. The summed E-state index contributed by atoms with van der Waals surface area (Å²) < 4.78 is 18.7. The standard InChI is InChI=1S/C13H16BrFN2O3/c1-3-17(8-13(19)20-2)7-12(18)16-11-5-4-9(14)6-10(11)15/h4-6H,3,7-8H2,1-2H3,(H,16,18). The summed E-state index contributed by atoms with van der Waals surface area (Å²) in [6, 6.07) is 4.36. The number of rotatable bonds is 6. The van der Waals surface area contributed by atoms with Crippen molar-refractivity contribution in [3.63, 3.8) is 0 Å². The number of benzene rings is 1. The molecular formula is C13H16BrFN2O3. The minimum absolute atomic E-state index is 0.0128. The average molecular weight is 347 g/mol. The number of likely N-dealkylation sites (N-methyl/N-ethyl adjacent to an activating group) is 1. The van der Waals surface area contributed by atoms with Gasteiger partial charge in [-0.1, -0.05) is 22.9 Å². The van der Waals surface area contributed by atoms with Gasteiger partial charge in [0.25, 0.3) is 0 Å². The van der Waals surface area contributed by atoms with Gasteiger partial charge in [-0.25, -0.2) is 4.39 Å². The largest absolute Gasteiger partial charge is 0.468 e. The summed E-state index contributed by atoms with van der Waals surface area (Å²) in [6.07, 6.45) is 0. The minimum Gasteiger partial charge on any atom is -0.468 e. The second-order valence-corrected chi connectivity index (χ2v) is 4.97. The van der Waals surface area contributed by atoms with Crippen molar-refractivity contribution in [3.05, 3.63) is 28.5 Å². The summed E-state index contributed by atoms with van der Waals surface area (Å²) in [7, 11) is 1.29. The van der Waals surface area contributed by atoms with Crippen LogP contribution >= 0.6 is 15.9 Å². The van der Waals surface area contributed by atoms with Gasteiger partial charge in [-0.3, -0.25) is 14.5 Å². The highest BCUT2D eigenvalue weighted by molar-refractivity contribution is 9.10. The smallest absolute Gasteiger partial charge is 0.319 e. The number of nitrogens with one attached hydrogen (secondary N) is 1. The quantitative estimate of drug-likeness (QED) is 0.800. The Morgan fingerprint density at radius 2 is 2.10 bits per heavy atom. The van der Waals surface area contributed by atoms with Crippen LogP contribution in [0.1, 0.15) is 6.92 Å². The van der Waals surface area contributed by atoms with Crippen LogP contribution < -0.4 is 5.32 Å². The van der Waals surface area contributed by atoms with E-state index >= 15 is 0 Å². The third-order valence-corrected chi connectivity index (χ3v) is 3.09. The highest BCUT2D eigenvalue weighted by Gasteiger charge is 2.14. The summed E-state index contributed by atoms with van der Waals surface area (Å²) in [6.45, 7) is 2.33. The van der Waals surface area contributed by atoms with Gasteiger partial charge in [-0.05, 0) is 24.7 Å². The number of hydrogen-bond donors (Lipinski definition) is 1. The third kappa shape index (κ3) is 5.26. The maximum absolute atomic E-state index is 13.6. The Balaban J connectivity index is 2.59. The molecule has 0 unspecified atom stereocenters. The Labute approximate surface area is 125 Å². The van der Waals surface area contributed by atoms with Crippen molar-refractivity contribution in [2.24, 2.45) is 0 Å². The van der Waals surface area contributed by atoms with Gasteiger partial charge in [-0.15, -0.1) is 0 Å². The van der Waals surface area contributed by atoms with Crippen LogP contribution in [0, 0.1) is 5.82 Å². The van der Waals surface area contributed by atoms with Crippen LogP contribution in [-0.4, -0.2) is 43.5 Å². The van der Waals surface area contributed by atoms with Crippen molar-refractivity contribution >= 4 is 33.5 Å². The van der Waals surface area contributed by atoms with E-state index < -0.39 is 17.7 Å². The highest BCUT2D eigenvalue weighted by atomic mass is 79.9. The molecule has 1 rings (SSSR count). The van der Waals surface area contributed by atoms with Gasteiger partial charge in [0.05, 0.1) is 25.9 Å². The molecule has 7 heteroatoms. The molecule has 1 N–H and O–H groups in total. The van der Waals surface area contributed by atoms with Crippen LogP contribution in [0.2, 0.25) is 0 Å². The van der Waals surface area contributed by atoms with E-state index in [2.05, 4.69) is 26.0 Å². The molecule has 5 nitrogen and oxygen atoms in total. The van der Waals surface area contributed by atoms with Crippen LogP contribution in [0.3, 0.4) is 0 Å². The highest BCUT2D eigenvalue weighted by Crippen LogP contribution is 2.19. The van der Waals surface area contributed by atoms with E-state index in [9.17, 15) is 14.0 Å². The maximum atomic E-state index is 13.6. The Bertz CT molecular complexity index is 497. The zero-order valence-electron chi connectivity index (χ0n) is 11.3. The first-order chi connectivity index (χ1) is 9.46. The number of anilines is 1. The van der Waals surface area contributed by atoms with Crippen molar-refractivity contribution < 1.29 is 18.7 Å². The van der Waals surface area contributed by atoms with Crippen molar-refractivity contribution in [3.8, 4) is 0 Å². The lowest BCUT2D eigenvalue weighted by molar-refractivity contribution is -0.142. The molecule has 0 aliphatic carbocycles. The van der Waals surface area contributed by atoms with E-state index in [1.54, 1.807) is 11.0 Å². The first-order valence-electron chi connectivity index (χ1n) is 6.00. The lowest BCUT2D eigenvalue weighted by Crippen LogP contribution is -2.37. The zero-order chi connectivity index (χ0) is 15.1. The molecule has 0 saturated carbocycles. The Hall–Kier alpha value is -1.47. The molecular weight excluding hydrogens is 331 g/mol. The Morgan fingerprint density at radius 1 is 1.40 bits per heavy atom. The molecule has 0 bridgehead atoms. The van der Waals surface area contributed by atoms with Crippen LogP contribution in [0.15, 0.2) is 22.7 Å². The first kappa shape index (κ1) is 16.6. The third-order valence-electron chi connectivity index (χ3n) is 2.60. The topological polar surface area (TPSA) is 58.6 Å². The van der Waals surface area contributed by atoms with Crippen LogP contribution in [0.4, 0.5) is 10.1 Å². The molecule has 1 aromatic rings. The summed E-state index contributed by atoms with van der Waals surface area (Å²) in [4.78, 5) is 24.6. The van der Waals surface area contributed by atoms with Crippen molar-refractivity contribution in [2.75, 3.05) is 32.1 Å². The molecule has 110 valence electrons. The molecule has 0 aliphatic heterocycles. The predicted molar refractivity (Wildman–Crippen MR) is 76.9 cm³/mol. The minimum atomic E-state index is -0.524. The van der Waals surface area contributed by atoms with Gasteiger partial charge in [-0.2, -0.15) is 0 Å². The van der Waals surface area contributed by atoms with Crippen LogP contribution in [0.25, 0.3) is 0 Å². The van der Waals surface area contributed by atoms with Crippen molar-refractivity contribution in [1.29, 1.82) is 0 Å². The van der Waals surface area contributed by atoms with Crippen LogP contribution in [-0.2, 0) is 14.3 Å². The Kier molecular flexibility index (Phi) is 6.60. The van der Waals surface area contributed by atoms with E-state index in [-0.39, 0.29) is 18.8 Å². The SMILES string of the molecule is CCN(CC(=O)Nc1ccc(Br)cc1F)CC(=O)OC. The predicted octanol–water partition coefficient (Wildman–Crippen LogP) is 2.02. The number of carbonyl (C=O) groups excluding carboxylic acids is 2.